The Morgan fingerprint density at radius 3 is 2.58 bits per heavy atom. The molecule has 1 aliphatic rings. The van der Waals surface area contributed by atoms with Crippen molar-refractivity contribution in [2.45, 2.75) is 39.0 Å². The van der Waals surface area contributed by atoms with Crippen molar-refractivity contribution >= 4 is 0 Å². The Hall–Kier alpha value is -0.120. The van der Waals surface area contributed by atoms with Crippen molar-refractivity contribution in [1.29, 1.82) is 0 Å². The Labute approximate surface area is 74.3 Å². The minimum atomic E-state index is -0.355. The number of aliphatic hydroxyl groups excluding tert-OH is 1. The lowest BCUT2D eigenvalue weighted by Gasteiger charge is -2.36. The molecule has 0 bridgehead atoms. The van der Waals surface area contributed by atoms with Crippen LogP contribution in [0.1, 0.15) is 20.8 Å². The van der Waals surface area contributed by atoms with Crippen LogP contribution in [-0.2, 0) is 4.74 Å². The summed E-state index contributed by atoms with van der Waals surface area (Å²) in [6, 6.07) is 0.551. The number of hydrogen-bond acceptors (Lipinski definition) is 3. The van der Waals surface area contributed by atoms with E-state index in [1.165, 1.54) is 0 Å². The first-order chi connectivity index (χ1) is 5.61. The van der Waals surface area contributed by atoms with Gasteiger partial charge in [-0.05, 0) is 20.8 Å². The van der Waals surface area contributed by atoms with Crippen molar-refractivity contribution in [3.8, 4) is 0 Å². The van der Waals surface area contributed by atoms with Gasteiger partial charge >= 0.3 is 0 Å². The first-order valence-electron chi connectivity index (χ1n) is 4.65. The zero-order valence-corrected chi connectivity index (χ0v) is 8.16. The Morgan fingerprint density at radius 2 is 2.08 bits per heavy atom. The van der Waals surface area contributed by atoms with Crippen LogP contribution < -0.4 is 0 Å². The molecule has 0 aliphatic carbocycles. The van der Waals surface area contributed by atoms with Gasteiger partial charge in [-0.15, -0.1) is 0 Å². The number of hydrogen-bond donors (Lipinski definition) is 1. The van der Waals surface area contributed by atoms with Crippen LogP contribution in [0.5, 0.6) is 0 Å². The number of ether oxygens (including phenoxy) is 1. The molecule has 3 nitrogen and oxygen atoms in total. The summed E-state index contributed by atoms with van der Waals surface area (Å²) in [6.45, 7) is 8.72. The molecule has 0 amide bonds. The molecule has 1 saturated heterocycles. The van der Waals surface area contributed by atoms with E-state index in [2.05, 4.69) is 18.7 Å². The molecule has 1 N–H and O–H groups in total. The van der Waals surface area contributed by atoms with Crippen LogP contribution in [0.4, 0.5) is 0 Å². The maximum Gasteiger partial charge on any atom is 0.0958 e. The second-order valence-electron chi connectivity index (χ2n) is 3.74. The summed E-state index contributed by atoms with van der Waals surface area (Å²) in [5, 5.41) is 9.33. The van der Waals surface area contributed by atoms with E-state index in [-0.39, 0.29) is 12.2 Å². The van der Waals surface area contributed by atoms with Crippen LogP contribution in [0.25, 0.3) is 0 Å². The predicted molar refractivity (Wildman–Crippen MR) is 48.1 cm³/mol. The Morgan fingerprint density at radius 1 is 1.42 bits per heavy atom. The smallest absolute Gasteiger partial charge is 0.0958 e. The van der Waals surface area contributed by atoms with Gasteiger partial charge in [-0.1, -0.05) is 0 Å². The van der Waals surface area contributed by atoms with E-state index < -0.39 is 0 Å². The normalized spacial score (nSPS) is 29.2. The lowest BCUT2D eigenvalue weighted by molar-refractivity contribution is -0.0890. The van der Waals surface area contributed by atoms with E-state index in [9.17, 15) is 5.11 Å². The highest BCUT2D eigenvalue weighted by atomic mass is 16.5. The Kier molecular flexibility index (Phi) is 3.50. The van der Waals surface area contributed by atoms with Gasteiger partial charge in [0.15, 0.2) is 0 Å². The van der Waals surface area contributed by atoms with E-state index in [1.54, 1.807) is 6.92 Å². The SMILES string of the molecule is CC(C)N1CCO[C@H]([C@H](C)O)C1. The van der Waals surface area contributed by atoms with Crippen LogP contribution in [0.3, 0.4) is 0 Å². The highest BCUT2D eigenvalue weighted by Crippen LogP contribution is 2.11. The van der Waals surface area contributed by atoms with Crippen molar-refractivity contribution in [3.05, 3.63) is 0 Å². The fourth-order valence-electron chi connectivity index (χ4n) is 1.46. The maximum atomic E-state index is 9.33. The molecule has 1 aliphatic heterocycles. The molecule has 3 heteroatoms. The molecular weight excluding hydrogens is 154 g/mol. The van der Waals surface area contributed by atoms with Gasteiger partial charge in [-0.2, -0.15) is 0 Å². The van der Waals surface area contributed by atoms with Crippen LogP contribution in [-0.4, -0.2) is 48.0 Å². The zero-order chi connectivity index (χ0) is 9.14. The van der Waals surface area contributed by atoms with Crippen LogP contribution in [0, 0.1) is 0 Å². The third kappa shape index (κ3) is 2.44. The highest BCUT2D eigenvalue weighted by Gasteiger charge is 2.25. The van der Waals surface area contributed by atoms with Crippen molar-refractivity contribution in [1.82, 2.24) is 4.90 Å². The second kappa shape index (κ2) is 4.21. The number of aliphatic hydroxyl groups is 1. The number of rotatable bonds is 2. The fourth-order valence-corrected chi connectivity index (χ4v) is 1.46. The summed E-state index contributed by atoms with van der Waals surface area (Å²) in [4.78, 5) is 2.33. The molecule has 0 unspecified atom stereocenters. The molecule has 0 aromatic carbocycles. The van der Waals surface area contributed by atoms with Crippen molar-refractivity contribution < 1.29 is 9.84 Å². The van der Waals surface area contributed by atoms with Crippen LogP contribution >= 0.6 is 0 Å². The van der Waals surface area contributed by atoms with E-state index in [1.807, 2.05) is 0 Å². The number of morpholine rings is 1. The standard InChI is InChI=1S/C9H19NO2/c1-7(2)10-4-5-12-9(6-10)8(3)11/h7-9,11H,4-6H2,1-3H3/t8-,9-/m0/s1. The third-order valence-corrected chi connectivity index (χ3v) is 2.39. The number of nitrogens with zero attached hydrogens (tertiary/aromatic N) is 1. The molecule has 0 aromatic rings. The molecule has 1 fully saturated rings. The van der Waals surface area contributed by atoms with Gasteiger partial charge in [0.2, 0.25) is 0 Å². The minimum absolute atomic E-state index is 0.00106. The third-order valence-electron chi connectivity index (χ3n) is 2.39. The van der Waals surface area contributed by atoms with Gasteiger partial charge in [0, 0.05) is 19.1 Å². The zero-order valence-electron chi connectivity index (χ0n) is 8.16. The highest BCUT2D eigenvalue weighted by molar-refractivity contribution is 4.76. The largest absolute Gasteiger partial charge is 0.391 e. The van der Waals surface area contributed by atoms with Crippen LogP contribution in [0.2, 0.25) is 0 Å². The van der Waals surface area contributed by atoms with Crippen molar-refractivity contribution in [2.75, 3.05) is 19.7 Å². The quantitative estimate of drug-likeness (QED) is 0.659. The van der Waals surface area contributed by atoms with Crippen molar-refractivity contribution in [2.24, 2.45) is 0 Å². The first-order valence-corrected chi connectivity index (χ1v) is 4.65. The summed E-state index contributed by atoms with van der Waals surface area (Å²) >= 11 is 0. The molecule has 1 heterocycles. The summed E-state index contributed by atoms with van der Waals surface area (Å²) in [5.74, 6) is 0. The van der Waals surface area contributed by atoms with E-state index in [0.29, 0.717) is 6.04 Å². The predicted octanol–water partition coefficient (Wildman–Crippen LogP) is 0.476. The molecular formula is C9H19NO2. The molecule has 0 radical (unpaired) electrons. The molecule has 1 rings (SSSR count). The first kappa shape index (κ1) is 9.96. The average molecular weight is 173 g/mol. The molecule has 12 heavy (non-hydrogen) atoms. The van der Waals surface area contributed by atoms with E-state index in [4.69, 9.17) is 4.74 Å². The van der Waals surface area contributed by atoms with Gasteiger partial charge in [0.05, 0.1) is 18.8 Å². The van der Waals surface area contributed by atoms with Gasteiger partial charge in [0.25, 0.3) is 0 Å². The van der Waals surface area contributed by atoms with Gasteiger partial charge in [-0.3, -0.25) is 4.90 Å². The summed E-state index contributed by atoms with van der Waals surface area (Å²) in [5.41, 5.74) is 0. The molecule has 0 aromatic heterocycles. The molecule has 2 atom stereocenters. The second-order valence-corrected chi connectivity index (χ2v) is 3.74. The van der Waals surface area contributed by atoms with Crippen LogP contribution in [0.15, 0.2) is 0 Å². The Balaban J connectivity index is 2.40. The fraction of sp³-hybridized carbons (Fsp3) is 1.00. The average Bonchev–Trinajstić information content (AvgIpc) is 2.04. The topological polar surface area (TPSA) is 32.7 Å². The lowest BCUT2D eigenvalue weighted by atomic mass is 10.1. The van der Waals surface area contributed by atoms with E-state index >= 15 is 0 Å². The van der Waals surface area contributed by atoms with E-state index in [0.717, 1.165) is 19.7 Å². The molecule has 0 saturated carbocycles. The van der Waals surface area contributed by atoms with Crippen molar-refractivity contribution in [3.63, 3.8) is 0 Å². The maximum absolute atomic E-state index is 9.33. The minimum Gasteiger partial charge on any atom is -0.391 e. The lowest BCUT2D eigenvalue weighted by Crippen LogP contribution is -2.49. The Bertz CT molecular complexity index is 122. The summed E-state index contributed by atoms with van der Waals surface area (Å²) in [7, 11) is 0. The van der Waals surface area contributed by atoms with Gasteiger partial charge in [-0.25, -0.2) is 0 Å². The van der Waals surface area contributed by atoms with Gasteiger partial charge in [0.1, 0.15) is 0 Å². The monoisotopic (exact) mass is 173 g/mol. The molecule has 72 valence electrons. The van der Waals surface area contributed by atoms with Gasteiger partial charge < -0.3 is 9.84 Å². The summed E-state index contributed by atoms with van der Waals surface area (Å²) in [6.07, 6.45) is -0.354. The molecule has 0 spiro atoms. The summed E-state index contributed by atoms with van der Waals surface area (Å²) < 4.78 is 5.43.